The smallest absolute Gasteiger partial charge is 0.252 e. The average molecular weight is 361 g/mol. The van der Waals surface area contributed by atoms with Crippen molar-refractivity contribution in [2.24, 2.45) is 5.73 Å². The Bertz CT molecular complexity index is 536. The summed E-state index contributed by atoms with van der Waals surface area (Å²) < 4.78 is 32.6. The minimum atomic E-state index is -3.50. The maximum Gasteiger partial charge on any atom is 0.252 e. The van der Waals surface area contributed by atoms with Crippen LogP contribution in [0.3, 0.4) is 0 Å². The van der Waals surface area contributed by atoms with Gasteiger partial charge in [0.2, 0.25) is 0 Å². The lowest BCUT2D eigenvalue weighted by atomic mass is 10.0. The van der Waals surface area contributed by atoms with E-state index in [9.17, 15) is 8.42 Å². The molecule has 0 amide bonds. The van der Waals surface area contributed by atoms with Crippen molar-refractivity contribution in [3.8, 4) is 0 Å². The fraction of sp³-hybridized carbons (Fsp3) is 0.636. The molecule has 2 N–H and O–H groups in total. The van der Waals surface area contributed by atoms with Gasteiger partial charge in [0, 0.05) is 26.2 Å². The molecule has 0 bridgehead atoms. The summed E-state index contributed by atoms with van der Waals surface area (Å²) in [6.45, 7) is 0.719. The van der Waals surface area contributed by atoms with E-state index in [1.165, 1.54) is 10.4 Å². The molecule has 2 heterocycles. The van der Waals surface area contributed by atoms with Crippen LogP contribution in [0.4, 0.5) is 0 Å². The first-order valence-corrected chi connectivity index (χ1v) is 8.62. The van der Waals surface area contributed by atoms with Crippen molar-refractivity contribution in [2.45, 2.75) is 29.2 Å². The Balaban J connectivity index is 0.00000200. The van der Waals surface area contributed by atoms with Crippen molar-refractivity contribution in [2.75, 3.05) is 20.2 Å². The number of hydrogen-bond acceptors (Lipinski definition) is 5. The van der Waals surface area contributed by atoms with E-state index in [0.717, 1.165) is 11.3 Å². The third kappa shape index (κ3) is 3.65. The van der Waals surface area contributed by atoms with Crippen molar-refractivity contribution < 1.29 is 13.2 Å². The molecular formula is C11H18Cl2N2O3S2. The first-order valence-electron chi connectivity index (χ1n) is 5.99. The zero-order chi connectivity index (χ0) is 14.0. The second kappa shape index (κ2) is 7.40. The highest BCUT2D eigenvalue weighted by Crippen LogP contribution is 2.31. The molecule has 1 aliphatic heterocycles. The lowest BCUT2D eigenvalue weighted by Gasteiger charge is -2.37. The average Bonchev–Trinajstić information content (AvgIpc) is 2.85. The molecule has 9 heteroatoms. The molecule has 0 aliphatic carbocycles. The normalized spacial score (nSPS) is 24.4. The van der Waals surface area contributed by atoms with Crippen molar-refractivity contribution in [3.05, 3.63) is 16.5 Å². The first-order chi connectivity index (χ1) is 8.98. The van der Waals surface area contributed by atoms with Crippen LogP contribution in [-0.2, 0) is 14.8 Å². The van der Waals surface area contributed by atoms with E-state index >= 15 is 0 Å². The molecule has 0 aromatic carbocycles. The number of piperidine rings is 1. The molecule has 0 radical (unpaired) electrons. The summed E-state index contributed by atoms with van der Waals surface area (Å²) in [7, 11) is -1.86. The number of nitrogens with zero attached hydrogens (tertiary/aromatic N) is 1. The SMILES string of the molecule is COC1CCN(S(=O)(=O)c2ccc(Cl)s2)C(CN)C1.Cl. The number of hydrogen-bond donors (Lipinski definition) is 1. The molecular weight excluding hydrogens is 343 g/mol. The fourth-order valence-corrected chi connectivity index (χ4v) is 5.56. The van der Waals surface area contributed by atoms with E-state index in [0.29, 0.717) is 23.7 Å². The van der Waals surface area contributed by atoms with E-state index in [1.807, 2.05) is 0 Å². The fourth-order valence-electron chi connectivity index (χ4n) is 2.29. The second-order valence-corrected chi connectivity index (χ2v) is 8.28. The van der Waals surface area contributed by atoms with Crippen molar-refractivity contribution >= 4 is 45.4 Å². The van der Waals surface area contributed by atoms with Crippen molar-refractivity contribution in [1.29, 1.82) is 0 Å². The molecule has 2 unspecified atom stereocenters. The summed E-state index contributed by atoms with van der Waals surface area (Å²) in [4.78, 5) is 0. The molecule has 2 atom stereocenters. The topological polar surface area (TPSA) is 72.6 Å². The maximum atomic E-state index is 12.5. The number of sulfonamides is 1. The lowest BCUT2D eigenvalue weighted by Crippen LogP contribution is -2.50. The van der Waals surface area contributed by atoms with Gasteiger partial charge >= 0.3 is 0 Å². The lowest BCUT2D eigenvalue weighted by molar-refractivity contribution is 0.0402. The van der Waals surface area contributed by atoms with Crippen LogP contribution in [0.25, 0.3) is 0 Å². The number of nitrogens with two attached hydrogens (primary N) is 1. The van der Waals surface area contributed by atoms with Gasteiger partial charge in [0.15, 0.2) is 0 Å². The Hall–Kier alpha value is 0.110. The molecule has 116 valence electrons. The predicted molar refractivity (Wildman–Crippen MR) is 83.3 cm³/mol. The maximum absolute atomic E-state index is 12.5. The van der Waals surface area contributed by atoms with E-state index in [2.05, 4.69) is 0 Å². The summed E-state index contributed by atoms with van der Waals surface area (Å²) in [5, 5.41) is 0. The van der Waals surface area contributed by atoms with Gasteiger partial charge in [-0.3, -0.25) is 0 Å². The summed E-state index contributed by atoms with van der Waals surface area (Å²) in [6.07, 6.45) is 1.39. The Kier molecular flexibility index (Phi) is 6.72. The Labute approximate surface area is 134 Å². The summed E-state index contributed by atoms with van der Waals surface area (Å²) in [5.74, 6) is 0. The van der Waals surface area contributed by atoms with Crippen molar-refractivity contribution in [1.82, 2.24) is 4.31 Å². The van der Waals surface area contributed by atoms with Crippen LogP contribution < -0.4 is 5.73 Å². The van der Waals surface area contributed by atoms with Gasteiger partial charge in [-0.15, -0.1) is 23.7 Å². The van der Waals surface area contributed by atoms with Crippen LogP contribution in [0.1, 0.15) is 12.8 Å². The van der Waals surface area contributed by atoms with Crippen LogP contribution in [0.2, 0.25) is 4.34 Å². The zero-order valence-corrected chi connectivity index (χ0v) is 14.2. The molecule has 0 spiro atoms. The van der Waals surface area contributed by atoms with Crippen LogP contribution in [0.15, 0.2) is 16.3 Å². The van der Waals surface area contributed by atoms with E-state index < -0.39 is 10.0 Å². The second-order valence-electron chi connectivity index (χ2n) is 4.45. The molecule has 5 nitrogen and oxygen atoms in total. The minimum Gasteiger partial charge on any atom is -0.381 e. The van der Waals surface area contributed by atoms with Gasteiger partial charge in [0.1, 0.15) is 4.21 Å². The van der Waals surface area contributed by atoms with E-state index in [-0.39, 0.29) is 35.3 Å². The highest BCUT2D eigenvalue weighted by molar-refractivity contribution is 7.91. The highest BCUT2D eigenvalue weighted by Gasteiger charge is 2.36. The van der Waals surface area contributed by atoms with Gasteiger partial charge in [-0.1, -0.05) is 11.6 Å². The van der Waals surface area contributed by atoms with Gasteiger partial charge in [0.05, 0.1) is 10.4 Å². The quantitative estimate of drug-likeness (QED) is 0.890. The monoisotopic (exact) mass is 360 g/mol. The van der Waals surface area contributed by atoms with Crippen LogP contribution >= 0.6 is 35.3 Å². The molecule has 1 saturated heterocycles. The Morgan fingerprint density at radius 3 is 2.75 bits per heavy atom. The number of methoxy groups -OCH3 is 1. The number of thiophene rings is 1. The molecule has 1 aromatic rings. The van der Waals surface area contributed by atoms with Gasteiger partial charge in [0.25, 0.3) is 10.0 Å². The number of ether oxygens (including phenoxy) is 1. The molecule has 1 aromatic heterocycles. The van der Waals surface area contributed by atoms with Crippen LogP contribution in [-0.4, -0.2) is 45.1 Å². The van der Waals surface area contributed by atoms with Gasteiger partial charge in [-0.05, 0) is 25.0 Å². The van der Waals surface area contributed by atoms with Gasteiger partial charge in [-0.25, -0.2) is 8.42 Å². The molecule has 1 fully saturated rings. The summed E-state index contributed by atoms with van der Waals surface area (Å²) in [6, 6.07) is 2.92. The third-order valence-corrected chi connectivity index (χ3v) is 6.98. The van der Waals surface area contributed by atoms with Gasteiger partial charge < -0.3 is 10.5 Å². The van der Waals surface area contributed by atoms with E-state index in [1.54, 1.807) is 13.2 Å². The highest BCUT2D eigenvalue weighted by atomic mass is 35.5. The molecule has 2 rings (SSSR count). The number of halogens is 2. The van der Waals surface area contributed by atoms with Crippen molar-refractivity contribution in [3.63, 3.8) is 0 Å². The van der Waals surface area contributed by atoms with Gasteiger partial charge in [-0.2, -0.15) is 4.31 Å². The standard InChI is InChI=1S/C11H17ClN2O3S2.ClH/c1-17-9-4-5-14(8(6-9)7-13)19(15,16)11-3-2-10(12)18-11;/h2-3,8-9H,4-7,13H2,1H3;1H. The molecule has 0 saturated carbocycles. The Morgan fingerprint density at radius 1 is 1.55 bits per heavy atom. The minimum absolute atomic E-state index is 0. The van der Waals surface area contributed by atoms with Crippen LogP contribution in [0, 0.1) is 0 Å². The zero-order valence-electron chi connectivity index (χ0n) is 11.0. The molecule has 20 heavy (non-hydrogen) atoms. The number of rotatable bonds is 4. The van der Waals surface area contributed by atoms with E-state index in [4.69, 9.17) is 22.1 Å². The largest absolute Gasteiger partial charge is 0.381 e. The summed E-state index contributed by atoms with van der Waals surface area (Å²) >= 11 is 6.88. The molecule has 1 aliphatic rings. The van der Waals surface area contributed by atoms with Crippen LogP contribution in [0.5, 0.6) is 0 Å². The summed E-state index contributed by atoms with van der Waals surface area (Å²) in [5.41, 5.74) is 5.71. The first kappa shape index (κ1) is 18.2. The predicted octanol–water partition coefficient (Wildman–Crippen LogP) is 1.95. The Morgan fingerprint density at radius 2 is 2.25 bits per heavy atom. The third-order valence-electron chi connectivity index (χ3n) is 3.33.